The summed E-state index contributed by atoms with van der Waals surface area (Å²) in [5.41, 5.74) is 0.487. The zero-order valence-electron chi connectivity index (χ0n) is 17.0. The normalized spacial score (nSPS) is 17.2. The maximum absolute atomic E-state index is 13.7. The van der Waals surface area contributed by atoms with Gasteiger partial charge in [0.2, 0.25) is 15.9 Å². The molecule has 1 N–H and O–H groups in total. The van der Waals surface area contributed by atoms with Crippen LogP contribution in [0.15, 0.2) is 41.3 Å². The predicted molar refractivity (Wildman–Crippen MR) is 111 cm³/mol. The van der Waals surface area contributed by atoms with E-state index in [0.29, 0.717) is 24.1 Å². The first-order chi connectivity index (χ1) is 14.6. The van der Waals surface area contributed by atoms with Gasteiger partial charge in [-0.25, -0.2) is 12.8 Å². The zero-order valence-corrected chi connectivity index (χ0v) is 17.8. The molecule has 1 atom stereocenters. The molecule has 1 amide bonds. The highest BCUT2D eigenvalue weighted by molar-refractivity contribution is 7.89. The number of nitro benzene ring substituents is 1. The quantitative estimate of drug-likeness (QED) is 0.533. The lowest BCUT2D eigenvalue weighted by Crippen LogP contribution is -2.43. The van der Waals surface area contributed by atoms with E-state index in [1.54, 1.807) is 6.07 Å². The number of hydrogen-bond donors (Lipinski definition) is 1. The summed E-state index contributed by atoms with van der Waals surface area (Å²) in [6.07, 6.45) is 0.884. The summed E-state index contributed by atoms with van der Waals surface area (Å²) >= 11 is 0. The van der Waals surface area contributed by atoms with E-state index in [4.69, 9.17) is 4.74 Å². The number of carbonyl (C=O) groups excluding carboxylic acids is 1. The smallest absolute Gasteiger partial charge is 0.274 e. The Labute approximate surface area is 179 Å². The van der Waals surface area contributed by atoms with Crippen molar-refractivity contribution >= 4 is 27.3 Å². The van der Waals surface area contributed by atoms with Gasteiger partial charge >= 0.3 is 0 Å². The summed E-state index contributed by atoms with van der Waals surface area (Å²) in [5, 5.41) is 13.8. The second-order valence-electron chi connectivity index (χ2n) is 7.19. The number of hydrogen-bond acceptors (Lipinski definition) is 6. The molecule has 9 nitrogen and oxygen atoms in total. The third-order valence-electron chi connectivity index (χ3n) is 5.26. The van der Waals surface area contributed by atoms with Crippen molar-refractivity contribution in [2.24, 2.45) is 5.92 Å². The first-order valence-electron chi connectivity index (χ1n) is 9.53. The number of methoxy groups -OCH3 is 1. The number of piperidine rings is 1. The highest BCUT2D eigenvalue weighted by atomic mass is 32.2. The van der Waals surface area contributed by atoms with E-state index < -0.39 is 32.6 Å². The number of nitrogens with one attached hydrogen (secondary N) is 1. The van der Waals surface area contributed by atoms with E-state index >= 15 is 0 Å². The Morgan fingerprint density at radius 3 is 2.74 bits per heavy atom. The largest absolute Gasteiger partial charge is 0.495 e. The van der Waals surface area contributed by atoms with Gasteiger partial charge in [-0.15, -0.1) is 0 Å². The number of halogens is 1. The van der Waals surface area contributed by atoms with E-state index in [9.17, 15) is 27.7 Å². The minimum atomic E-state index is -4.09. The van der Waals surface area contributed by atoms with E-state index in [1.807, 2.05) is 0 Å². The maximum atomic E-state index is 13.7. The van der Waals surface area contributed by atoms with Gasteiger partial charge in [0.15, 0.2) is 0 Å². The number of benzene rings is 2. The molecule has 0 aliphatic carbocycles. The lowest BCUT2D eigenvalue weighted by Gasteiger charge is -2.31. The molecule has 0 saturated carbocycles. The van der Waals surface area contributed by atoms with E-state index in [1.165, 1.54) is 32.2 Å². The van der Waals surface area contributed by atoms with Crippen molar-refractivity contribution < 1.29 is 27.3 Å². The fraction of sp³-hybridized carbons (Fsp3) is 0.350. The zero-order chi connectivity index (χ0) is 22.8. The molecule has 11 heteroatoms. The van der Waals surface area contributed by atoms with Gasteiger partial charge in [0.25, 0.3) is 5.69 Å². The number of nitro groups is 1. The highest BCUT2D eigenvalue weighted by Gasteiger charge is 2.35. The van der Waals surface area contributed by atoms with Gasteiger partial charge in [0.1, 0.15) is 16.5 Å². The van der Waals surface area contributed by atoms with Crippen LogP contribution in [0.25, 0.3) is 0 Å². The van der Waals surface area contributed by atoms with Crippen LogP contribution in [0.2, 0.25) is 0 Å². The van der Waals surface area contributed by atoms with Gasteiger partial charge < -0.3 is 10.1 Å². The van der Waals surface area contributed by atoms with Crippen LogP contribution in [-0.4, -0.2) is 43.8 Å². The summed E-state index contributed by atoms with van der Waals surface area (Å²) < 4.78 is 46.1. The lowest BCUT2D eigenvalue weighted by molar-refractivity contribution is -0.385. The first-order valence-corrected chi connectivity index (χ1v) is 11.0. The molecule has 1 aliphatic heterocycles. The molecule has 2 aromatic carbocycles. The van der Waals surface area contributed by atoms with Crippen molar-refractivity contribution in [2.45, 2.75) is 24.7 Å². The van der Waals surface area contributed by atoms with Gasteiger partial charge in [-0.2, -0.15) is 4.31 Å². The summed E-state index contributed by atoms with van der Waals surface area (Å²) in [4.78, 5) is 23.1. The Hall–Kier alpha value is -3.05. The van der Waals surface area contributed by atoms with Gasteiger partial charge in [-0.05, 0) is 44.0 Å². The van der Waals surface area contributed by atoms with E-state index in [0.717, 1.165) is 16.4 Å². The molecule has 1 aliphatic rings. The highest BCUT2D eigenvalue weighted by Crippen LogP contribution is 2.31. The fourth-order valence-electron chi connectivity index (χ4n) is 3.56. The molecule has 1 fully saturated rings. The third-order valence-corrected chi connectivity index (χ3v) is 7.14. The van der Waals surface area contributed by atoms with Crippen LogP contribution < -0.4 is 10.1 Å². The summed E-state index contributed by atoms with van der Waals surface area (Å²) in [6, 6.07) is 7.59. The SMILES string of the molecule is COc1ccc(F)cc1S(=O)(=O)N1CCC[C@H](C(=O)Nc2cccc([N+](=O)[O-])c2C)C1. The predicted octanol–water partition coefficient (Wildman–Crippen LogP) is 3.09. The molecule has 0 unspecified atom stereocenters. The molecule has 1 saturated heterocycles. The van der Waals surface area contributed by atoms with Crippen LogP contribution in [0.3, 0.4) is 0 Å². The number of ether oxygens (including phenoxy) is 1. The van der Waals surface area contributed by atoms with Crippen molar-refractivity contribution in [2.75, 3.05) is 25.5 Å². The Morgan fingerprint density at radius 1 is 1.32 bits per heavy atom. The minimum Gasteiger partial charge on any atom is -0.495 e. The standard InChI is InChI=1S/C20H22FN3O6S/c1-13-16(6-3-7-17(13)24(26)27)22-20(25)14-5-4-10-23(12-14)31(28,29)19-11-15(21)8-9-18(19)30-2/h3,6-9,11,14H,4-5,10,12H2,1-2H3,(H,22,25)/t14-/m0/s1. The van der Waals surface area contributed by atoms with Crippen LogP contribution in [0.5, 0.6) is 5.75 Å². The van der Waals surface area contributed by atoms with Crippen molar-refractivity contribution in [1.29, 1.82) is 0 Å². The average molecular weight is 451 g/mol. The first kappa shape index (κ1) is 22.6. The summed E-state index contributed by atoms with van der Waals surface area (Å²) in [6.45, 7) is 1.62. The minimum absolute atomic E-state index is 0.0141. The third kappa shape index (κ3) is 4.67. The number of sulfonamides is 1. The average Bonchev–Trinajstić information content (AvgIpc) is 2.75. The molecule has 0 radical (unpaired) electrons. The number of amides is 1. The molecule has 2 aromatic rings. The molecule has 0 bridgehead atoms. The van der Waals surface area contributed by atoms with Crippen molar-refractivity contribution in [3.05, 3.63) is 57.9 Å². The Balaban J connectivity index is 1.81. The number of nitrogens with zero attached hydrogens (tertiary/aromatic N) is 2. The fourth-order valence-corrected chi connectivity index (χ4v) is 5.25. The molecule has 0 aromatic heterocycles. The molecular formula is C20H22FN3O6S. The molecule has 3 rings (SSSR count). The molecule has 0 spiro atoms. The number of anilines is 1. The lowest BCUT2D eigenvalue weighted by atomic mass is 9.98. The van der Waals surface area contributed by atoms with Gasteiger partial charge in [-0.1, -0.05) is 6.07 Å². The Kier molecular flexibility index (Phi) is 6.56. The van der Waals surface area contributed by atoms with Gasteiger partial charge in [-0.3, -0.25) is 14.9 Å². The summed E-state index contributed by atoms with van der Waals surface area (Å²) in [5.74, 6) is -1.80. The van der Waals surface area contributed by atoms with E-state index in [-0.39, 0.29) is 29.4 Å². The summed E-state index contributed by atoms with van der Waals surface area (Å²) in [7, 11) is -2.80. The van der Waals surface area contributed by atoms with Crippen LogP contribution in [0, 0.1) is 28.8 Å². The Morgan fingerprint density at radius 2 is 2.06 bits per heavy atom. The monoisotopic (exact) mass is 451 g/mol. The topological polar surface area (TPSA) is 119 Å². The number of carbonyl (C=O) groups is 1. The number of rotatable bonds is 6. The van der Waals surface area contributed by atoms with Crippen LogP contribution >= 0.6 is 0 Å². The molecule has 31 heavy (non-hydrogen) atoms. The van der Waals surface area contributed by atoms with Crippen LogP contribution in [0.1, 0.15) is 18.4 Å². The second kappa shape index (κ2) is 8.98. The molecule has 1 heterocycles. The maximum Gasteiger partial charge on any atom is 0.274 e. The van der Waals surface area contributed by atoms with Crippen molar-refractivity contribution in [3.8, 4) is 5.75 Å². The van der Waals surface area contributed by atoms with Crippen LogP contribution in [-0.2, 0) is 14.8 Å². The van der Waals surface area contributed by atoms with Crippen molar-refractivity contribution in [1.82, 2.24) is 4.31 Å². The van der Waals surface area contributed by atoms with Crippen molar-refractivity contribution in [3.63, 3.8) is 0 Å². The second-order valence-corrected chi connectivity index (χ2v) is 9.10. The molecule has 166 valence electrons. The van der Waals surface area contributed by atoms with Crippen LogP contribution in [0.4, 0.5) is 15.8 Å². The van der Waals surface area contributed by atoms with E-state index in [2.05, 4.69) is 5.32 Å². The van der Waals surface area contributed by atoms with Gasteiger partial charge in [0.05, 0.1) is 29.2 Å². The Bertz CT molecular complexity index is 1120. The van der Waals surface area contributed by atoms with Gasteiger partial charge in [0, 0.05) is 19.2 Å². The molecular weight excluding hydrogens is 429 g/mol.